The van der Waals surface area contributed by atoms with E-state index in [2.05, 4.69) is 124 Å². The second-order valence-corrected chi connectivity index (χ2v) is 14.3. The van der Waals surface area contributed by atoms with Crippen LogP contribution in [-0.4, -0.2) is 23.8 Å². The van der Waals surface area contributed by atoms with Crippen molar-refractivity contribution >= 4 is 86.2 Å². The van der Waals surface area contributed by atoms with Gasteiger partial charge in [-0.05, 0) is 36.4 Å². The molecule has 0 amide bonds. The van der Waals surface area contributed by atoms with Gasteiger partial charge in [0.25, 0.3) is 0 Å². The lowest BCUT2D eigenvalue weighted by molar-refractivity contribution is 1.07. The monoisotopic (exact) mass is 667 g/mol. The average Bonchev–Trinajstić information content (AvgIpc) is 3.85. The highest BCUT2D eigenvalue weighted by molar-refractivity contribution is 7.26. The van der Waals surface area contributed by atoms with Crippen molar-refractivity contribution in [2.75, 3.05) is 0 Å². The Bertz CT molecular complexity index is 3300. The normalized spacial score (nSPS) is 12.3. The molecule has 0 saturated carbocycles. The largest absolute Gasteiger partial charge is 0.306 e. The topological polar surface area (TPSA) is 47.5 Å². The van der Waals surface area contributed by atoms with Crippen LogP contribution in [0, 0.1) is 0 Å². The smallest absolute Gasteiger partial charge is 0.164 e. The highest BCUT2D eigenvalue weighted by Gasteiger charge is 2.23. The molecular formula is C45H25N5S. The third kappa shape index (κ3) is 3.66. The first-order chi connectivity index (χ1) is 25.3. The number of benzene rings is 7. The van der Waals surface area contributed by atoms with E-state index in [1.54, 1.807) is 0 Å². The first kappa shape index (κ1) is 27.2. The highest BCUT2D eigenvalue weighted by atomic mass is 32.1. The van der Waals surface area contributed by atoms with E-state index < -0.39 is 0 Å². The number of thiophene rings is 1. The van der Waals surface area contributed by atoms with Crippen LogP contribution in [0.2, 0.25) is 0 Å². The van der Waals surface area contributed by atoms with Gasteiger partial charge in [0.05, 0.1) is 33.1 Å². The summed E-state index contributed by atoms with van der Waals surface area (Å²) < 4.78 is 7.47. The lowest BCUT2D eigenvalue weighted by atomic mass is 10.0. The summed E-state index contributed by atoms with van der Waals surface area (Å²) in [5.74, 6) is 1.97. The maximum atomic E-state index is 5.16. The van der Waals surface area contributed by atoms with E-state index in [0.717, 1.165) is 22.2 Å². The van der Waals surface area contributed by atoms with Gasteiger partial charge in [-0.3, -0.25) is 0 Å². The molecule has 236 valence electrons. The van der Waals surface area contributed by atoms with E-state index >= 15 is 0 Å². The third-order valence-electron chi connectivity index (χ3n) is 10.5. The minimum atomic E-state index is 0.653. The lowest BCUT2D eigenvalue weighted by Crippen LogP contribution is -2.00. The fourth-order valence-electron chi connectivity index (χ4n) is 8.34. The predicted octanol–water partition coefficient (Wildman–Crippen LogP) is 11.8. The van der Waals surface area contributed by atoms with Gasteiger partial charge in [0.2, 0.25) is 0 Å². The number of hydrogen-bond donors (Lipinski definition) is 0. The van der Waals surface area contributed by atoms with Crippen molar-refractivity contribution in [3.05, 3.63) is 152 Å². The van der Waals surface area contributed by atoms with Crippen LogP contribution in [0.4, 0.5) is 0 Å². The summed E-state index contributed by atoms with van der Waals surface area (Å²) >= 11 is 1.84. The van der Waals surface area contributed by atoms with Crippen molar-refractivity contribution in [2.45, 2.75) is 0 Å². The number of aromatic nitrogens is 5. The maximum Gasteiger partial charge on any atom is 0.164 e. The Hall–Kier alpha value is -6.63. The molecule has 0 aliphatic rings. The van der Waals surface area contributed by atoms with Crippen LogP contribution in [0.1, 0.15) is 0 Å². The van der Waals surface area contributed by atoms with Gasteiger partial charge >= 0.3 is 0 Å². The van der Waals surface area contributed by atoms with E-state index in [-0.39, 0.29) is 0 Å². The molecule has 0 spiro atoms. The molecule has 0 radical (unpaired) electrons. The molecule has 0 atom stereocenters. The van der Waals surface area contributed by atoms with E-state index in [1.807, 2.05) is 47.7 Å². The van der Waals surface area contributed by atoms with Gasteiger partial charge in [-0.2, -0.15) is 0 Å². The van der Waals surface area contributed by atoms with Crippen LogP contribution in [0.3, 0.4) is 0 Å². The zero-order valence-electron chi connectivity index (χ0n) is 27.1. The number of fused-ring (bicyclic) bond motifs is 8. The van der Waals surface area contributed by atoms with E-state index in [9.17, 15) is 0 Å². The molecule has 0 fully saturated rings. The fraction of sp³-hybridized carbons (Fsp3) is 0. The minimum absolute atomic E-state index is 0.653. The van der Waals surface area contributed by atoms with Crippen LogP contribution in [-0.2, 0) is 0 Å². The molecule has 0 aliphatic heterocycles. The van der Waals surface area contributed by atoms with Gasteiger partial charge in [-0.1, -0.05) is 115 Å². The van der Waals surface area contributed by atoms with Gasteiger partial charge in [0.15, 0.2) is 17.5 Å². The van der Waals surface area contributed by atoms with Gasteiger partial charge < -0.3 is 8.80 Å². The van der Waals surface area contributed by atoms with E-state index in [4.69, 9.17) is 15.0 Å². The van der Waals surface area contributed by atoms with Crippen LogP contribution < -0.4 is 0 Å². The summed E-state index contributed by atoms with van der Waals surface area (Å²) in [7, 11) is 0. The van der Waals surface area contributed by atoms with Crippen molar-refractivity contribution in [3.8, 4) is 34.2 Å². The molecule has 6 heteroatoms. The fourth-order valence-corrected chi connectivity index (χ4v) is 9.51. The molecule has 0 unspecified atom stereocenters. The summed E-state index contributed by atoms with van der Waals surface area (Å²) in [6.45, 7) is 0. The number of hydrogen-bond acceptors (Lipinski definition) is 4. The third-order valence-corrected chi connectivity index (χ3v) is 11.6. The van der Waals surface area contributed by atoms with Crippen molar-refractivity contribution in [1.29, 1.82) is 0 Å². The first-order valence-electron chi connectivity index (χ1n) is 17.1. The van der Waals surface area contributed by atoms with Gasteiger partial charge in [-0.25, -0.2) is 15.0 Å². The molecule has 5 nitrogen and oxygen atoms in total. The molecule has 0 aliphatic carbocycles. The minimum Gasteiger partial charge on any atom is -0.306 e. The molecule has 0 N–H and O–H groups in total. The quantitative estimate of drug-likeness (QED) is 0.188. The molecule has 51 heavy (non-hydrogen) atoms. The zero-order chi connectivity index (χ0) is 33.2. The molecule has 12 rings (SSSR count). The van der Waals surface area contributed by atoms with Gasteiger partial charge in [-0.15, -0.1) is 11.3 Å². The van der Waals surface area contributed by atoms with Crippen LogP contribution in [0.25, 0.3) is 109 Å². The number of nitrogens with zero attached hydrogens (tertiary/aromatic N) is 5. The standard InChI is InChI=1S/C45H25N5S/c1-3-12-26(13-4-1)43-46-44(27-14-5-2-6-15-27)48-45(47-43)28-24-36-39-38(25-28)51-37-23-22-32-30-17-8-9-19-33(30)49(42(32)40(37)39)35-21-11-18-31-29-16-7-10-20-34(29)50(36)41(31)35/h1-25H. The Labute approximate surface area is 294 Å². The summed E-state index contributed by atoms with van der Waals surface area (Å²) in [6, 6.07) is 54.0. The highest BCUT2D eigenvalue weighted by Crippen LogP contribution is 2.47. The van der Waals surface area contributed by atoms with E-state index in [0.29, 0.717) is 17.5 Å². The summed E-state index contributed by atoms with van der Waals surface area (Å²) in [4.78, 5) is 15.3. The van der Waals surface area contributed by atoms with Crippen molar-refractivity contribution in [2.24, 2.45) is 0 Å². The summed E-state index contributed by atoms with van der Waals surface area (Å²) in [6.07, 6.45) is 0. The summed E-state index contributed by atoms with van der Waals surface area (Å²) in [5.41, 5.74) is 10.0. The zero-order valence-corrected chi connectivity index (χ0v) is 27.9. The Morgan fingerprint density at radius 1 is 0.353 bits per heavy atom. The Balaban J connectivity index is 1.31. The second-order valence-electron chi connectivity index (χ2n) is 13.2. The van der Waals surface area contributed by atoms with Crippen LogP contribution >= 0.6 is 11.3 Å². The van der Waals surface area contributed by atoms with Crippen molar-refractivity contribution in [1.82, 2.24) is 23.8 Å². The Morgan fingerprint density at radius 2 is 0.882 bits per heavy atom. The van der Waals surface area contributed by atoms with Crippen LogP contribution in [0.15, 0.2) is 152 Å². The molecule has 5 aromatic heterocycles. The average molecular weight is 668 g/mol. The predicted molar refractivity (Wildman–Crippen MR) is 212 cm³/mol. The lowest BCUT2D eigenvalue weighted by Gasteiger charge is -2.12. The number of rotatable bonds is 3. The maximum absolute atomic E-state index is 5.16. The van der Waals surface area contributed by atoms with Gasteiger partial charge in [0.1, 0.15) is 0 Å². The molecule has 5 heterocycles. The molecule has 12 aromatic rings. The molecule has 0 bridgehead atoms. The van der Waals surface area contributed by atoms with E-state index in [1.165, 1.54) is 69.3 Å². The van der Waals surface area contributed by atoms with Gasteiger partial charge in [0, 0.05) is 58.4 Å². The molecule has 0 saturated heterocycles. The number of para-hydroxylation sites is 3. The van der Waals surface area contributed by atoms with Crippen molar-refractivity contribution in [3.63, 3.8) is 0 Å². The first-order valence-corrected chi connectivity index (χ1v) is 17.9. The molecule has 7 aromatic carbocycles. The Morgan fingerprint density at radius 3 is 1.55 bits per heavy atom. The van der Waals surface area contributed by atoms with Crippen LogP contribution in [0.5, 0.6) is 0 Å². The SMILES string of the molecule is c1ccc(-c2nc(-c3ccccc3)nc(-c3cc4sc5ccc6c7ccccc7n7c8cccc9c%10ccccc%10n(c(c3)c4c5c67)c98)n2)cc1. The molecular weight excluding hydrogens is 643 g/mol. The van der Waals surface area contributed by atoms with Crippen molar-refractivity contribution < 1.29 is 0 Å². The summed E-state index contributed by atoms with van der Waals surface area (Å²) in [5, 5.41) is 7.54. The Kier molecular flexibility index (Phi) is 5.32. The second kappa shape index (κ2) is 9.97.